The number of hydrogen-bond acceptors (Lipinski definition) is 9. The summed E-state index contributed by atoms with van der Waals surface area (Å²) in [6.07, 6.45) is 9.77. The van der Waals surface area contributed by atoms with E-state index in [-0.39, 0.29) is 31.9 Å². The molecule has 13 nitrogen and oxygen atoms in total. The van der Waals surface area contributed by atoms with Gasteiger partial charge in [-0.1, -0.05) is 51.8 Å². The van der Waals surface area contributed by atoms with E-state index in [9.17, 15) is 27.6 Å². The molecule has 2 aliphatic carbocycles. The topological polar surface area (TPSA) is 173 Å². The summed E-state index contributed by atoms with van der Waals surface area (Å²) in [4.78, 5) is 62.7. The van der Waals surface area contributed by atoms with Gasteiger partial charge in [0.15, 0.2) is 0 Å². The molecule has 1 spiro atoms. The summed E-state index contributed by atoms with van der Waals surface area (Å²) in [5.41, 5.74) is 1.38. The van der Waals surface area contributed by atoms with E-state index in [1.54, 1.807) is 6.92 Å². The SMILES string of the molecule is CCc1ccc2nc(C)c3c(c2c1)CC[C@]1(C[C@H]2C(=O)N[C@]4(C(=O)NS(=O)(=O)C5(C)CC5)C[C@H]4/C=C\CCCCC[C@H](NC(=O)OCC(C)C)C(=O)N2C1)O3. The summed E-state index contributed by atoms with van der Waals surface area (Å²) in [5.74, 6) is -1.44. The molecule has 7 rings (SSSR count). The number of nitrogens with zero attached hydrogens (tertiary/aromatic N) is 2. The summed E-state index contributed by atoms with van der Waals surface area (Å²) in [5, 5.41) is 6.78. The molecule has 3 N–H and O–H groups in total. The predicted molar refractivity (Wildman–Crippen MR) is 207 cm³/mol. The lowest BCUT2D eigenvalue weighted by molar-refractivity contribution is -0.141. The van der Waals surface area contributed by atoms with Crippen LogP contribution in [0.1, 0.15) is 109 Å². The first-order valence-electron chi connectivity index (χ1n) is 20.0. The molecule has 4 amide bonds. The van der Waals surface area contributed by atoms with Crippen LogP contribution >= 0.6 is 0 Å². The van der Waals surface area contributed by atoms with Crippen molar-refractivity contribution in [3.8, 4) is 5.75 Å². The Morgan fingerprint density at radius 2 is 1.91 bits per heavy atom. The highest BCUT2D eigenvalue weighted by Crippen LogP contribution is 2.49. The number of aryl methyl sites for hydroxylation is 3. The molecule has 5 aliphatic rings. The van der Waals surface area contributed by atoms with Gasteiger partial charge >= 0.3 is 6.09 Å². The molecule has 1 aromatic carbocycles. The minimum Gasteiger partial charge on any atom is -0.483 e. The Bertz CT molecular complexity index is 2030. The Morgan fingerprint density at radius 1 is 1.13 bits per heavy atom. The van der Waals surface area contributed by atoms with E-state index in [4.69, 9.17) is 14.5 Å². The Morgan fingerprint density at radius 3 is 2.64 bits per heavy atom. The van der Waals surface area contributed by atoms with Crippen molar-refractivity contribution in [1.29, 1.82) is 0 Å². The number of pyridine rings is 1. The highest BCUT2D eigenvalue weighted by molar-refractivity contribution is 7.91. The van der Waals surface area contributed by atoms with E-state index in [2.05, 4.69) is 34.4 Å². The molecule has 298 valence electrons. The number of aromatic nitrogens is 1. The Hall–Kier alpha value is -4.20. The third-order valence-electron chi connectivity index (χ3n) is 12.3. The minimum atomic E-state index is -3.98. The second kappa shape index (κ2) is 14.7. The van der Waals surface area contributed by atoms with Gasteiger partial charge in [-0.05, 0) is 95.2 Å². The first-order valence-corrected chi connectivity index (χ1v) is 21.5. The van der Waals surface area contributed by atoms with Crippen LogP contribution in [0.25, 0.3) is 10.9 Å². The number of rotatable bonds is 7. The van der Waals surface area contributed by atoms with Crippen LogP contribution < -0.4 is 20.1 Å². The van der Waals surface area contributed by atoms with Crippen LogP contribution in [0, 0.1) is 18.8 Å². The third-order valence-corrected chi connectivity index (χ3v) is 14.4. The summed E-state index contributed by atoms with van der Waals surface area (Å²) in [6.45, 7) is 9.72. The molecule has 0 bridgehead atoms. The number of alkyl carbamates (subject to hydrolysis) is 1. The van der Waals surface area contributed by atoms with E-state index in [1.807, 2.05) is 39.0 Å². The molecule has 0 radical (unpaired) electrons. The molecule has 0 unspecified atom stereocenters. The van der Waals surface area contributed by atoms with Gasteiger partial charge in [0.05, 0.1) is 29.1 Å². The average molecular weight is 778 g/mol. The van der Waals surface area contributed by atoms with Crippen molar-refractivity contribution < 1.29 is 37.1 Å². The van der Waals surface area contributed by atoms with Gasteiger partial charge in [0.25, 0.3) is 5.91 Å². The first-order chi connectivity index (χ1) is 26.1. The first kappa shape index (κ1) is 39.1. The number of benzene rings is 1. The van der Waals surface area contributed by atoms with E-state index in [0.717, 1.165) is 35.7 Å². The fourth-order valence-electron chi connectivity index (χ4n) is 8.38. The fraction of sp³-hybridized carbons (Fsp3) is 0.634. The zero-order valence-electron chi connectivity index (χ0n) is 32.7. The van der Waals surface area contributed by atoms with E-state index >= 15 is 0 Å². The maximum Gasteiger partial charge on any atom is 0.407 e. The van der Waals surface area contributed by atoms with Crippen molar-refractivity contribution in [1.82, 2.24) is 25.2 Å². The van der Waals surface area contributed by atoms with Gasteiger partial charge in [-0.2, -0.15) is 0 Å². The number of nitrogens with one attached hydrogen (secondary N) is 3. The van der Waals surface area contributed by atoms with Gasteiger partial charge in [0.2, 0.25) is 21.8 Å². The summed E-state index contributed by atoms with van der Waals surface area (Å²) in [6, 6.07) is 4.24. The number of carbonyl (C=O) groups is 4. The van der Waals surface area contributed by atoms with Gasteiger partial charge in [0, 0.05) is 23.3 Å². The largest absolute Gasteiger partial charge is 0.483 e. The quantitative estimate of drug-likeness (QED) is 0.330. The summed E-state index contributed by atoms with van der Waals surface area (Å²) >= 11 is 0. The number of hydrogen-bond donors (Lipinski definition) is 3. The molecule has 2 saturated carbocycles. The van der Waals surface area contributed by atoms with Crippen LogP contribution in [-0.2, 0) is 42.0 Å². The smallest absolute Gasteiger partial charge is 0.407 e. The van der Waals surface area contributed by atoms with Crippen LogP contribution in [-0.4, -0.2) is 83.2 Å². The van der Waals surface area contributed by atoms with Crippen LogP contribution in [0.5, 0.6) is 5.75 Å². The lowest BCUT2D eigenvalue weighted by Gasteiger charge is -2.36. The molecule has 4 heterocycles. The van der Waals surface area contributed by atoms with Crippen LogP contribution in [0.15, 0.2) is 30.4 Å². The third kappa shape index (κ3) is 7.67. The molecular weight excluding hydrogens is 723 g/mol. The summed E-state index contributed by atoms with van der Waals surface area (Å²) < 4.78 is 40.0. The summed E-state index contributed by atoms with van der Waals surface area (Å²) in [7, 11) is -3.98. The van der Waals surface area contributed by atoms with Gasteiger partial charge < -0.3 is 25.0 Å². The zero-order valence-corrected chi connectivity index (χ0v) is 33.5. The molecule has 2 aromatic rings. The van der Waals surface area contributed by atoms with Crippen molar-refractivity contribution in [3.63, 3.8) is 0 Å². The number of ether oxygens (including phenoxy) is 2. The zero-order chi connectivity index (χ0) is 39.3. The molecule has 1 saturated heterocycles. The monoisotopic (exact) mass is 777 g/mol. The van der Waals surface area contributed by atoms with Gasteiger partial charge in [-0.25, -0.2) is 18.2 Å². The number of carbonyl (C=O) groups excluding carboxylic acids is 4. The maximum atomic E-state index is 14.7. The predicted octanol–water partition coefficient (Wildman–Crippen LogP) is 4.91. The Balaban J connectivity index is 1.23. The van der Waals surface area contributed by atoms with Crippen LogP contribution in [0.3, 0.4) is 0 Å². The van der Waals surface area contributed by atoms with Crippen molar-refractivity contribution >= 4 is 44.7 Å². The highest BCUT2D eigenvalue weighted by Gasteiger charge is 2.64. The standard InChI is InChI=1S/C41H55N5O8S/c1-6-27-14-15-31-30(20-27)29-16-17-40(54-34(29)26(4)42-31)22-33-35(47)44-41(37(49)45-55(51,52)39(5)18-19-39)21-28(41)12-10-8-7-9-11-13-32(36(48)46(33)24-40)43-38(50)53-23-25(2)3/h10,12,14-15,20,25,28,32-33H,6-9,11,13,16-19,21-24H2,1-5H3,(H,43,50)(H,44,47)(H,45,49)/b12-10-/t28-,32+,33+,40-,41-/m1/s1. The molecule has 3 aliphatic heterocycles. The normalized spacial score (nSPS) is 29.5. The molecule has 5 atom stereocenters. The van der Waals surface area contributed by atoms with E-state index in [1.165, 1.54) is 10.5 Å². The molecule has 14 heteroatoms. The van der Waals surface area contributed by atoms with E-state index < -0.39 is 67.7 Å². The molecular formula is C41H55N5O8S. The molecule has 3 fully saturated rings. The van der Waals surface area contributed by atoms with Gasteiger partial charge in [-0.15, -0.1) is 0 Å². The van der Waals surface area contributed by atoms with Crippen LogP contribution in [0.4, 0.5) is 4.79 Å². The number of sulfonamides is 1. The van der Waals surface area contributed by atoms with E-state index in [0.29, 0.717) is 56.4 Å². The minimum absolute atomic E-state index is 0.0737. The molecule has 55 heavy (non-hydrogen) atoms. The average Bonchev–Trinajstić information content (AvgIpc) is 4.04. The lowest BCUT2D eigenvalue weighted by Crippen LogP contribution is -2.58. The Labute approximate surface area is 323 Å². The molecule has 1 aromatic heterocycles. The maximum absolute atomic E-state index is 14.7. The number of amides is 4. The van der Waals surface area contributed by atoms with Crippen molar-refractivity contribution in [2.45, 2.75) is 140 Å². The highest BCUT2D eigenvalue weighted by atomic mass is 32.2. The number of fused-ring (bicyclic) bond motifs is 5. The fourth-order valence-corrected chi connectivity index (χ4v) is 9.70. The van der Waals surface area contributed by atoms with Gasteiger partial charge in [0.1, 0.15) is 29.0 Å². The number of allylic oxidation sites excluding steroid dienone is 1. The van der Waals surface area contributed by atoms with Crippen molar-refractivity contribution in [3.05, 3.63) is 47.2 Å². The van der Waals surface area contributed by atoms with Crippen LogP contribution in [0.2, 0.25) is 0 Å². The second-order valence-corrected chi connectivity index (χ2v) is 19.3. The van der Waals surface area contributed by atoms with Gasteiger partial charge in [-0.3, -0.25) is 19.1 Å². The Kier molecular flexibility index (Phi) is 10.4. The lowest BCUT2D eigenvalue weighted by atomic mass is 9.87. The van der Waals surface area contributed by atoms with Crippen molar-refractivity contribution in [2.75, 3.05) is 13.2 Å². The second-order valence-electron chi connectivity index (χ2n) is 17.1. The van der Waals surface area contributed by atoms with Crippen molar-refractivity contribution in [2.24, 2.45) is 11.8 Å².